The lowest BCUT2D eigenvalue weighted by molar-refractivity contribution is -0.123. The Morgan fingerprint density at radius 3 is 2.37 bits per heavy atom. The lowest BCUT2D eigenvalue weighted by Crippen LogP contribution is -2.43. The molecule has 1 fully saturated rings. The van der Waals surface area contributed by atoms with Crippen molar-refractivity contribution in [2.45, 2.75) is 26.3 Å². The van der Waals surface area contributed by atoms with E-state index in [1.165, 1.54) is 12.0 Å². The largest absolute Gasteiger partial charge is 0.495 e. The van der Waals surface area contributed by atoms with Crippen molar-refractivity contribution in [3.05, 3.63) is 24.3 Å². The van der Waals surface area contributed by atoms with Gasteiger partial charge in [0.05, 0.1) is 12.8 Å². The molecule has 0 unspecified atom stereocenters. The molecule has 1 saturated heterocycles. The number of imide groups is 1. The van der Waals surface area contributed by atoms with Gasteiger partial charge in [0, 0.05) is 6.54 Å². The molecule has 1 heterocycles. The molecule has 2 rings (SSSR count). The molecule has 19 heavy (non-hydrogen) atoms. The second-order valence-corrected chi connectivity index (χ2v) is 4.90. The van der Waals surface area contributed by atoms with Gasteiger partial charge in [-0.05, 0) is 32.9 Å². The first-order valence-corrected chi connectivity index (χ1v) is 6.24. The van der Waals surface area contributed by atoms with E-state index >= 15 is 0 Å². The van der Waals surface area contributed by atoms with E-state index < -0.39 is 5.54 Å². The normalized spacial score (nSPS) is 18.1. The number of carbonyl (C=O) groups excluding carboxylic acids is 2. The van der Waals surface area contributed by atoms with E-state index in [-0.39, 0.29) is 11.9 Å². The SMILES string of the molecule is CCN1C(=O)N(c2ccccc2OC)C(=O)C1(C)C. The van der Waals surface area contributed by atoms with Crippen LogP contribution in [0.2, 0.25) is 0 Å². The molecule has 1 aromatic carbocycles. The van der Waals surface area contributed by atoms with Crippen LogP contribution in [0.4, 0.5) is 10.5 Å². The van der Waals surface area contributed by atoms with Crippen molar-refractivity contribution in [2.75, 3.05) is 18.6 Å². The van der Waals surface area contributed by atoms with Gasteiger partial charge >= 0.3 is 6.03 Å². The van der Waals surface area contributed by atoms with Gasteiger partial charge in [-0.1, -0.05) is 12.1 Å². The van der Waals surface area contributed by atoms with E-state index in [0.717, 1.165) is 0 Å². The Morgan fingerprint density at radius 2 is 1.84 bits per heavy atom. The molecule has 3 amide bonds. The number of amides is 3. The third kappa shape index (κ3) is 1.85. The van der Waals surface area contributed by atoms with E-state index in [0.29, 0.717) is 18.0 Å². The molecular weight excluding hydrogens is 244 g/mol. The monoisotopic (exact) mass is 262 g/mol. The molecule has 0 spiro atoms. The highest BCUT2D eigenvalue weighted by atomic mass is 16.5. The molecular formula is C14H18N2O3. The fourth-order valence-corrected chi connectivity index (χ4v) is 2.39. The van der Waals surface area contributed by atoms with Crippen LogP contribution in [0.1, 0.15) is 20.8 Å². The van der Waals surface area contributed by atoms with Crippen molar-refractivity contribution in [2.24, 2.45) is 0 Å². The van der Waals surface area contributed by atoms with Crippen molar-refractivity contribution < 1.29 is 14.3 Å². The maximum Gasteiger partial charge on any atom is 0.332 e. The lowest BCUT2D eigenvalue weighted by atomic mass is 10.0. The summed E-state index contributed by atoms with van der Waals surface area (Å²) >= 11 is 0. The van der Waals surface area contributed by atoms with Crippen LogP contribution in [-0.4, -0.2) is 36.0 Å². The predicted molar refractivity (Wildman–Crippen MR) is 72.3 cm³/mol. The smallest absolute Gasteiger partial charge is 0.332 e. The van der Waals surface area contributed by atoms with E-state index in [1.54, 1.807) is 43.0 Å². The molecule has 5 heteroatoms. The molecule has 0 bridgehead atoms. The fraction of sp³-hybridized carbons (Fsp3) is 0.429. The number of rotatable bonds is 3. The fourth-order valence-electron chi connectivity index (χ4n) is 2.39. The van der Waals surface area contributed by atoms with Crippen LogP contribution in [0.25, 0.3) is 0 Å². The Hall–Kier alpha value is -2.04. The highest BCUT2D eigenvalue weighted by molar-refractivity contribution is 6.23. The zero-order valence-electron chi connectivity index (χ0n) is 11.6. The molecule has 0 radical (unpaired) electrons. The van der Waals surface area contributed by atoms with Crippen molar-refractivity contribution >= 4 is 17.6 Å². The number of ether oxygens (including phenoxy) is 1. The summed E-state index contributed by atoms with van der Waals surface area (Å²) in [4.78, 5) is 27.6. The van der Waals surface area contributed by atoms with Crippen molar-refractivity contribution in [1.29, 1.82) is 0 Å². The standard InChI is InChI=1S/C14H18N2O3/c1-5-15-13(18)16(12(17)14(15,2)3)10-8-6-7-9-11(10)19-4/h6-9H,5H2,1-4H3. The van der Waals surface area contributed by atoms with Crippen LogP contribution in [0.3, 0.4) is 0 Å². The van der Waals surface area contributed by atoms with E-state index in [4.69, 9.17) is 4.74 Å². The highest BCUT2D eigenvalue weighted by Gasteiger charge is 2.51. The number of nitrogens with zero attached hydrogens (tertiary/aromatic N) is 2. The summed E-state index contributed by atoms with van der Waals surface area (Å²) in [6.07, 6.45) is 0. The minimum Gasteiger partial charge on any atom is -0.495 e. The van der Waals surface area contributed by atoms with E-state index in [2.05, 4.69) is 0 Å². The number of hydrogen-bond acceptors (Lipinski definition) is 3. The maximum absolute atomic E-state index is 12.5. The van der Waals surface area contributed by atoms with Crippen LogP contribution < -0.4 is 9.64 Å². The summed E-state index contributed by atoms with van der Waals surface area (Å²) in [5.74, 6) is 0.279. The third-order valence-electron chi connectivity index (χ3n) is 3.47. The number of para-hydroxylation sites is 2. The van der Waals surface area contributed by atoms with Gasteiger partial charge in [0.2, 0.25) is 0 Å². The Labute approximate surface area is 112 Å². The van der Waals surface area contributed by atoms with Crippen molar-refractivity contribution in [3.63, 3.8) is 0 Å². The summed E-state index contributed by atoms with van der Waals surface area (Å²) in [6.45, 7) is 5.86. The lowest BCUT2D eigenvalue weighted by Gasteiger charge is -2.25. The first-order valence-electron chi connectivity index (χ1n) is 6.24. The highest BCUT2D eigenvalue weighted by Crippen LogP contribution is 2.36. The molecule has 1 aromatic rings. The topological polar surface area (TPSA) is 49.9 Å². The van der Waals surface area contributed by atoms with Gasteiger partial charge in [-0.15, -0.1) is 0 Å². The zero-order valence-corrected chi connectivity index (χ0v) is 11.6. The Morgan fingerprint density at radius 1 is 1.21 bits per heavy atom. The summed E-state index contributed by atoms with van der Waals surface area (Å²) in [5.41, 5.74) is -0.337. The number of carbonyl (C=O) groups is 2. The molecule has 0 atom stereocenters. The van der Waals surface area contributed by atoms with Gasteiger partial charge in [-0.25, -0.2) is 9.69 Å². The van der Waals surface area contributed by atoms with Crippen LogP contribution in [0.15, 0.2) is 24.3 Å². The first-order chi connectivity index (χ1) is 8.95. The number of likely N-dealkylation sites (N-methyl/N-ethyl adjacent to an activating group) is 1. The van der Waals surface area contributed by atoms with Gasteiger partial charge < -0.3 is 9.64 Å². The zero-order chi connectivity index (χ0) is 14.2. The molecule has 0 aliphatic carbocycles. The molecule has 1 aliphatic heterocycles. The van der Waals surface area contributed by atoms with Crippen LogP contribution in [-0.2, 0) is 4.79 Å². The molecule has 5 nitrogen and oxygen atoms in total. The van der Waals surface area contributed by atoms with E-state index in [9.17, 15) is 9.59 Å². The third-order valence-corrected chi connectivity index (χ3v) is 3.47. The maximum atomic E-state index is 12.5. The summed E-state index contributed by atoms with van der Waals surface area (Å²) in [6, 6.07) is 6.72. The van der Waals surface area contributed by atoms with Crippen molar-refractivity contribution in [1.82, 2.24) is 4.90 Å². The summed E-state index contributed by atoms with van der Waals surface area (Å²) < 4.78 is 5.23. The van der Waals surface area contributed by atoms with Crippen LogP contribution in [0.5, 0.6) is 5.75 Å². The number of hydrogen-bond donors (Lipinski definition) is 0. The van der Waals surface area contributed by atoms with Gasteiger partial charge in [0.1, 0.15) is 11.3 Å². The average Bonchev–Trinajstić information content (AvgIpc) is 2.56. The minimum atomic E-state index is -0.827. The predicted octanol–water partition coefficient (Wildman–Crippen LogP) is 2.26. The van der Waals surface area contributed by atoms with Gasteiger partial charge in [-0.2, -0.15) is 0 Å². The van der Waals surface area contributed by atoms with Gasteiger partial charge in [0.25, 0.3) is 5.91 Å². The van der Waals surface area contributed by atoms with Crippen LogP contribution in [0, 0.1) is 0 Å². The summed E-state index contributed by atoms with van der Waals surface area (Å²) in [7, 11) is 1.52. The van der Waals surface area contributed by atoms with Crippen LogP contribution >= 0.6 is 0 Å². The minimum absolute atomic E-state index is 0.233. The average molecular weight is 262 g/mol. The number of benzene rings is 1. The van der Waals surface area contributed by atoms with Crippen molar-refractivity contribution in [3.8, 4) is 5.75 Å². The molecule has 0 aromatic heterocycles. The quantitative estimate of drug-likeness (QED) is 0.785. The molecule has 102 valence electrons. The second kappa shape index (κ2) is 4.57. The number of urea groups is 1. The Kier molecular flexibility index (Phi) is 3.22. The number of anilines is 1. The Balaban J connectivity index is 2.52. The number of methoxy groups -OCH3 is 1. The molecule has 0 saturated carbocycles. The van der Waals surface area contributed by atoms with E-state index in [1.807, 2.05) is 6.92 Å². The van der Waals surface area contributed by atoms with Gasteiger partial charge in [0.15, 0.2) is 0 Å². The summed E-state index contributed by atoms with van der Waals surface area (Å²) in [5, 5.41) is 0. The Bertz CT molecular complexity index is 525. The molecule has 1 aliphatic rings. The molecule has 0 N–H and O–H groups in total. The first kappa shape index (κ1) is 13.4. The second-order valence-electron chi connectivity index (χ2n) is 4.90. The van der Waals surface area contributed by atoms with Gasteiger partial charge in [-0.3, -0.25) is 4.79 Å².